The number of rotatable bonds is 12. The minimum absolute atomic E-state index is 0.0941. The number of benzene rings is 2. The Hall–Kier alpha value is -2.78. The van der Waals surface area contributed by atoms with Gasteiger partial charge in [-0.25, -0.2) is 8.42 Å². The van der Waals surface area contributed by atoms with Gasteiger partial charge in [-0.3, -0.25) is 13.9 Å². The standard InChI is InChI=1S/C27H36ClN3O5S/c1-20(27(33)29-23-7-4-5-8-23)30(19-21-10-16-25(36-2)17-11-21)26(32)9-6-18-31(37(3,34)35)24-14-12-22(28)13-15-24/h10-17,20,23H,4-9,18-19H2,1-3H3,(H,29,33)/t20-/m0/s1. The second-order valence-corrected chi connectivity index (χ2v) is 11.8. The van der Waals surface area contributed by atoms with Crippen LogP contribution in [0.4, 0.5) is 5.69 Å². The van der Waals surface area contributed by atoms with Crippen molar-refractivity contribution < 1.29 is 22.7 Å². The smallest absolute Gasteiger partial charge is 0.242 e. The first kappa shape index (κ1) is 28.8. The summed E-state index contributed by atoms with van der Waals surface area (Å²) in [5.74, 6) is 0.318. The molecule has 8 nitrogen and oxygen atoms in total. The van der Waals surface area contributed by atoms with Crippen LogP contribution < -0.4 is 14.4 Å². The highest BCUT2D eigenvalue weighted by molar-refractivity contribution is 7.92. The van der Waals surface area contributed by atoms with E-state index >= 15 is 0 Å². The third-order valence-electron chi connectivity index (χ3n) is 6.65. The second-order valence-electron chi connectivity index (χ2n) is 9.45. The molecule has 1 atom stereocenters. The summed E-state index contributed by atoms with van der Waals surface area (Å²) in [6, 6.07) is 13.4. The van der Waals surface area contributed by atoms with Gasteiger partial charge in [-0.15, -0.1) is 0 Å². The number of amides is 2. The van der Waals surface area contributed by atoms with E-state index < -0.39 is 16.1 Å². The maximum atomic E-state index is 13.4. The normalized spacial score (nSPS) is 14.7. The molecule has 10 heteroatoms. The monoisotopic (exact) mass is 549 g/mol. The molecular formula is C27H36ClN3O5S. The van der Waals surface area contributed by atoms with Crippen molar-refractivity contribution in [3.8, 4) is 5.75 Å². The van der Waals surface area contributed by atoms with Gasteiger partial charge in [-0.05, 0) is 68.1 Å². The summed E-state index contributed by atoms with van der Waals surface area (Å²) >= 11 is 5.95. The number of anilines is 1. The first-order valence-electron chi connectivity index (χ1n) is 12.5. The first-order chi connectivity index (χ1) is 17.6. The van der Waals surface area contributed by atoms with Crippen molar-refractivity contribution in [2.24, 2.45) is 0 Å². The van der Waals surface area contributed by atoms with Crippen LogP contribution in [0.2, 0.25) is 5.02 Å². The van der Waals surface area contributed by atoms with Gasteiger partial charge in [0.2, 0.25) is 21.8 Å². The quantitative estimate of drug-likeness (QED) is 0.424. The van der Waals surface area contributed by atoms with Crippen molar-refractivity contribution in [2.45, 2.75) is 64.1 Å². The van der Waals surface area contributed by atoms with E-state index in [-0.39, 0.29) is 37.4 Å². The zero-order chi connectivity index (χ0) is 27.0. The van der Waals surface area contributed by atoms with Crippen LogP contribution in [0.25, 0.3) is 0 Å². The molecule has 0 unspecified atom stereocenters. The van der Waals surface area contributed by atoms with E-state index in [0.717, 1.165) is 37.5 Å². The van der Waals surface area contributed by atoms with E-state index in [1.165, 1.54) is 4.31 Å². The summed E-state index contributed by atoms with van der Waals surface area (Å²) in [6.45, 7) is 2.13. The van der Waals surface area contributed by atoms with Gasteiger partial charge < -0.3 is 15.0 Å². The lowest BCUT2D eigenvalue weighted by atomic mass is 10.1. The lowest BCUT2D eigenvalue weighted by Crippen LogP contribution is -2.49. The van der Waals surface area contributed by atoms with Crippen LogP contribution in [-0.2, 0) is 26.2 Å². The van der Waals surface area contributed by atoms with Crippen molar-refractivity contribution >= 4 is 39.1 Å². The van der Waals surface area contributed by atoms with Gasteiger partial charge in [0.15, 0.2) is 0 Å². The fraction of sp³-hybridized carbons (Fsp3) is 0.481. The molecule has 0 radical (unpaired) electrons. The molecule has 1 fully saturated rings. The van der Waals surface area contributed by atoms with E-state index in [2.05, 4.69) is 5.32 Å². The lowest BCUT2D eigenvalue weighted by Gasteiger charge is -2.30. The van der Waals surface area contributed by atoms with E-state index in [4.69, 9.17) is 16.3 Å². The van der Waals surface area contributed by atoms with Gasteiger partial charge in [0.25, 0.3) is 0 Å². The Morgan fingerprint density at radius 2 is 1.70 bits per heavy atom. The summed E-state index contributed by atoms with van der Waals surface area (Å²) < 4.78 is 31.3. The molecule has 1 saturated carbocycles. The van der Waals surface area contributed by atoms with E-state index in [1.807, 2.05) is 24.3 Å². The fourth-order valence-electron chi connectivity index (χ4n) is 4.51. The van der Waals surface area contributed by atoms with Crippen LogP contribution in [0.15, 0.2) is 48.5 Å². The predicted octanol–water partition coefficient (Wildman–Crippen LogP) is 4.37. The highest BCUT2D eigenvalue weighted by Gasteiger charge is 2.28. The summed E-state index contributed by atoms with van der Waals surface area (Å²) in [5, 5.41) is 3.59. The summed E-state index contributed by atoms with van der Waals surface area (Å²) in [7, 11) is -1.97. The molecule has 0 aromatic heterocycles. The molecular weight excluding hydrogens is 514 g/mol. The first-order valence-corrected chi connectivity index (χ1v) is 14.8. The van der Waals surface area contributed by atoms with Crippen molar-refractivity contribution in [1.29, 1.82) is 0 Å². The second kappa shape index (κ2) is 13.1. The summed E-state index contributed by atoms with van der Waals surface area (Å²) in [5.41, 5.74) is 1.35. The highest BCUT2D eigenvalue weighted by Crippen LogP contribution is 2.22. The Morgan fingerprint density at radius 3 is 2.27 bits per heavy atom. The number of carbonyl (C=O) groups excluding carboxylic acids is 2. The maximum absolute atomic E-state index is 13.4. The highest BCUT2D eigenvalue weighted by atomic mass is 35.5. The Bertz CT molecular complexity index is 1150. The zero-order valence-corrected chi connectivity index (χ0v) is 23.2. The number of nitrogens with zero attached hydrogens (tertiary/aromatic N) is 2. The topological polar surface area (TPSA) is 96.0 Å². The number of hydrogen-bond acceptors (Lipinski definition) is 5. The number of halogens is 1. The van der Waals surface area contributed by atoms with Crippen molar-refractivity contribution in [2.75, 3.05) is 24.2 Å². The third kappa shape index (κ3) is 8.36. The number of sulfonamides is 1. The number of ether oxygens (including phenoxy) is 1. The Kier molecular flexibility index (Phi) is 10.2. The minimum Gasteiger partial charge on any atom is -0.497 e. The molecule has 1 N–H and O–H groups in total. The number of methoxy groups -OCH3 is 1. The minimum atomic E-state index is -3.56. The Morgan fingerprint density at radius 1 is 1.08 bits per heavy atom. The van der Waals surface area contributed by atoms with E-state index in [1.54, 1.807) is 43.2 Å². The van der Waals surface area contributed by atoms with Crippen molar-refractivity contribution in [3.63, 3.8) is 0 Å². The van der Waals surface area contributed by atoms with Gasteiger partial charge in [0, 0.05) is 30.6 Å². The van der Waals surface area contributed by atoms with Crippen LogP contribution in [0.1, 0.15) is 51.0 Å². The van der Waals surface area contributed by atoms with Crippen LogP contribution in [-0.4, -0.2) is 57.1 Å². The molecule has 2 aromatic carbocycles. The van der Waals surface area contributed by atoms with Gasteiger partial charge in [-0.2, -0.15) is 0 Å². The van der Waals surface area contributed by atoms with Crippen LogP contribution in [0.5, 0.6) is 5.75 Å². The molecule has 202 valence electrons. The summed E-state index contributed by atoms with van der Waals surface area (Å²) in [6.07, 6.45) is 5.63. The van der Waals surface area contributed by atoms with Crippen LogP contribution in [0, 0.1) is 0 Å². The molecule has 1 aliphatic rings. The van der Waals surface area contributed by atoms with Gasteiger partial charge in [-0.1, -0.05) is 36.6 Å². The third-order valence-corrected chi connectivity index (χ3v) is 8.09. The molecule has 1 aliphatic carbocycles. The molecule has 0 aliphatic heterocycles. The Labute approximate surface area is 225 Å². The molecule has 0 saturated heterocycles. The zero-order valence-electron chi connectivity index (χ0n) is 21.7. The molecule has 0 bridgehead atoms. The fourth-order valence-corrected chi connectivity index (χ4v) is 5.60. The average Bonchev–Trinajstić information content (AvgIpc) is 3.38. The SMILES string of the molecule is COc1ccc(CN(C(=O)CCCN(c2ccc(Cl)cc2)S(C)(=O)=O)[C@@H](C)C(=O)NC2CCCC2)cc1. The molecule has 2 amide bonds. The largest absolute Gasteiger partial charge is 0.497 e. The van der Waals surface area contributed by atoms with Crippen molar-refractivity contribution in [3.05, 3.63) is 59.1 Å². The van der Waals surface area contributed by atoms with Crippen LogP contribution >= 0.6 is 11.6 Å². The number of carbonyl (C=O) groups is 2. The Balaban J connectivity index is 1.71. The predicted molar refractivity (Wildman–Crippen MR) is 146 cm³/mol. The summed E-state index contributed by atoms with van der Waals surface area (Å²) in [4.78, 5) is 28.0. The number of nitrogens with one attached hydrogen (secondary N) is 1. The molecule has 0 heterocycles. The van der Waals surface area contributed by atoms with Gasteiger partial charge in [0.05, 0.1) is 19.1 Å². The molecule has 3 rings (SSSR count). The van der Waals surface area contributed by atoms with Crippen molar-refractivity contribution in [1.82, 2.24) is 10.2 Å². The maximum Gasteiger partial charge on any atom is 0.242 e. The van der Waals surface area contributed by atoms with Crippen LogP contribution in [0.3, 0.4) is 0 Å². The molecule has 0 spiro atoms. The molecule has 37 heavy (non-hydrogen) atoms. The average molecular weight is 550 g/mol. The lowest BCUT2D eigenvalue weighted by molar-refractivity contribution is -0.141. The molecule has 2 aromatic rings. The van der Waals surface area contributed by atoms with E-state index in [9.17, 15) is 18.0 Å². The van der Waals surface area contributed by atoms with Gasteiger partial charge in [0.1, 0.15) is 11.8 Å². The number of hydrogen-bond donors (Lipinski definition) is 1. The van der Waals surface area contributed by atoms with E-state index in [0.29, 0.717) is 22.9 Å². The van der Waals surface area contributed by atoms with Gasteiger partial charge >= 0.3 is 0 Å².